The number of nitrogens with one attached hydrogen (secondary N) is 1. The Balaban J connectivity index is 1.90. The van der Waals surface area contributed by atoms with Gasteiger partial charge < -0.3 is 19.5 Å². The maximum Gasteiger partial charge on any atom is 0.344 e. The Morgan fingerprint density at radius 3 is 2.73 bits per heavy atom. The lowest BCUT2D eigenvalue weighted by Gasteiger charge is -2.18. The highest BCUT2D eigenvalue weighted by Gasteiger charge is 2.31. The maximum atomic E-state index is 12.1. The van der Waals surface area contributed by atoms with Crippen LogP contribution in [0.25, 0.3) is 6.08 Å². The number of methoxy groups -OCH3 is 1. The molecule has 140 valence electrons. The molecule has 0 radical (unpaired) electrons. The highest BCUT2D eigenvalue weighted by molar-refractivity contribution is 5.98. The van der Waals surface area contributed by atoms with Gasteiger partial charge in [-0.15, -0.1) is 0 Å². The van der Waals surface area contributed by atoms with Crippen molar-refractivity contribution in [3.8, 4) is 11.5 Å². The molecule has 1 aromatic rings. The Labute approximate surface area is 151 Å². The van der Waals surface area contributed by atoms with E-state index in [1.54, 1.807) is 12.1 Å². The quantitative estimate of drug-likeness (QED) is 0.741. The number of carbonyl (C=O) groups is 3. The minimum absolute atomic E-state index is 0.256. The molecular formula is C18H22N2O6. The number of rotatable bonds is 7. The molecule has 3 amide bonds. The maximum absolute atomic E-state index is 12.1. The summed E-state index contributed by atoms with van der Waals surface area (Å²) in [5.74, 6) is -0.423. The zero-order valence-electron chi connectivity index (χ0n) is 15.0. The molecule has 1 fully saturated rings. The third kappa shape index (κ3) is 4.75. The minimum atomic E-state index is -1.08. The van der Waals surface area contributed by atoms with Gasteiger partial charge in [-0.1, -0.05) is 18.2 Å². The molecule has 1 saturated heterocycles. The van der Waals surface area contributed by atoms with Crippen molar-refractivity contribution in [3.63, 3.8) is 0 Å². The molecular weight excluding hydrogens is 340 g/mol. The lowest BCUT2D eigenvalue weighted by Crippen LogP contribution is -2.42. The first-order valence-electron chi connectivity index (χ1n) is 8.18. The van der Waals surface area contributed by atoms with Crippen molar-refractivity contribution in [2.24, 2.45) is 0 Å². The molecule has 0 aliphatic carbocycles. The zero-order chi connectivity index (χ0) is 19.1. The van der Waals surface area contributed by atoms with Crippen LogP contribution in [0.5, 0.6) is 11.5 Å². The van der Waals surface area contributed by atoms with Crippen LogP contribution in [0.1, 0.15) is 19.4 Å². The molecule has 8 nitrogen and oxygen atoms in total. The van der Waals surface area contributed by atoms with E-state index in [2.05, 4.69) is 5.32 Å². The highest BCUT2D eigenvalue weighted by atomic mass is 16.6. The first kappa shape index (κ1) is 19.3. The number of imide groups is 1. The average Bonchev–Trinajstić information content (AvgIpc) is 3.05. The van der Waals surface area contributed by atoms with E-state index >= 15 is 0 Å². The molecule has 0 spiro atoms. The Kier molecular flexibility index (Phi) is 6.60. The molecule has 1 N–H and O–H groups in total. The number of nitrogens with zero attached hydrogens (tertiary/aromatic N) is 1. The Morgan fingerprint density at radius 2 is 2.12 bits per heavy atom. The first-order valence-corrected chi connectivity index (χ1v) is 8.18. The van der Waals surface area contributed by atoms with Gasteiger partial charge in [0.1, 0.15) is 0 Å². The van der Waals surface area contributed by atoms with E-state index in [1.807, 2.05) is 25.1 Å². The summed E-state index contributed by atoms with van der Waals surface area (Å²) in [7, 11) is 1.50. The fourth-order valence-corrected chi connectivity index (χ4v) is 2.42. The van der Waals surface area contributed by atoms with Crippen molar-refractivity contribution < 1.29 is 28.6 Å². The van der Waals surface area contributed by atoms with Crippen LogP contribution in [-0.2, 0) is 14.3 Å². The molecule has 1 aliphatic rings. The highest BCUT2D eigenvalue weighted by Crippen LogP contribution is 2.28. The summed E-state index contributed by atoms with van der Waals surface area (Å²) < 4.78 is 15.7. The number of urea groups is 1. The van der Waals surface area contributed by atoms with Crippen LogP contribution in [-0.4, -0.2) is 55.7 Å². The van der Waals surface area contributed by atoms with Gasteiger partial charge in [0.25, 0.3) is 5.91 Å². The second-order valence-electron chi connectivity index (χ2n) is 5.55. The van der Waals surface area contributed by atoms with Crippen molar-refractivity contribution in [3.05, 3.63) is 29.8 Å². The number of hydrogen-bond acceptors (Lipinski definition) is 6. The molecule has 1 atom stereocenters. The lowest BCUT2D eigenvalue weighted by molar-refractivity contribution is -0.159. The second-order valence-corrected chi connectivity index (χ2v) is 5.55. The summed E-state index contributed by atoms with van der Waals surface area (Å²) in [6, 6.07) is 4.80. The minimum Gasteiger partial charge on any atom is -0.493 e. The molecule has 0 bridgehead atoms. The zero-order valence-corrected chi connectivity index (χ0v) is 15.0. The standard InChI is InChI=1S/C18H22N2O6/c1-4-5-13-6-7-14(15(10-13)24-3)25-11-16(21)26-12(2)17(22)20-9-8-19-18(20)23/h4-7,10,12H,8-9,11H2,1-3H3,(H,19,23)/b5-4+/t12-/m1/s1. The van der Waals surface area contributed by atoms with Crippen LogP contribution in [0.15, 0.2) is 24.3 Å². The van der Waals surface area contributed by atoms with E-state index in [9.17, 15) is 14.4 Å². The number of hydrogen-bond donors (Lipinski definition) is 1. The number of allylic oxidation sites excluding steroid dienone is 1. The molecule has 26 heavy (non-hydrogen) atoms. The largest absolute Gasteiger partial charge is 0.493 e. The van der Waals surface area contributed by atoms with Crippen LogP contribution in [0, 0.1) is 0 Å². The number of ether oxygens (including phenoxy) is 3. The van der Waals surface area contributed by atoms with E-state index < -0.39 is 24.0 Å². The fraction of sp³-hybridized carbons (Fsp3) is 0.389. The molecule has 0 unspecified atom stereocenters. The number of amides is 3. The monoisotopic (exact) mass is 362 g/mol. The van der Waals surface area contributed by atoms with E-state index in [1.165, 1.54) is 14.0 Å². The van der Waals surface area contributed by atoms with E-state index in [0.717, 1.165) is 10.5 Å². The molecule has 0 aromatic heterocycles. The Morgan fingerprint density at radius 1 is 1.35 bits per heavy atom. The van der Waals surface area contributed by atoms with Crippen molar-refractivity contribution in [1.82, 2.24) is 10.2 Å². The fourth-order valence-electron chi connectivity index (χ4n) is 2.42. The van der Waals surface area contributed by atoms with Gasteiger partial charge in [-0.05, 0) is 31.5 Å². The topological polar surface area (TPSA) is 94.2 Å². The molecule has 1 heterocycles. The summed E-state index contributed by atoms with van der Waals surface area (Å²) in [5.41, 5.74) is 0.933. The van der Waals surface area contributed by atoms with Gasteiger partial charge >= 0.3 is 12.0 Å². The average molecular weight is 362 g/mol. The third-order valence-corrected chi connectivity index (χ3v) is 3.67. The summed E-state index contributed by atoms with van der Waals surface area (Å²) in [6.07, 6.45) is 2.72. The summed E-state index contributed by atoms with van der Waals surface area (Å²) >= 11 is 0. The van der Waals surface area contributed by atoms with Gasteiger partial charge in [-0.25, -0.2) is 9.59 Å². The smallest absolute Gasteiger partial charge is 0.344 e. The molecule has 8 heteroatoms. The number of carbonyl (C=O) groups excluding carboxylic acids is 3. The summed E-state index contributed by atoms with van der Waals surface area (Å²) in [5, 5.41) is 2.51. The Hall–Kier alpha value is -3.03. The molecule has 2 rings (SSSR count). The summed E-state index contributed by atoms with van der Waals surface area (Å²) in [6.45, 7) is 3.58. The first-order chi connectivity index (χ1) is 12.5. The van der Waals surface area contributed by atoms with E-state index in [0.29, 0.717) is 18.0 Å². The van der Waals surface area contributed by atoms with Gasteiger partial charge in [0.15, 0.2) is 24.2 Å². The predicted molar refractivity (Wildman–Crippen MR) is 93.9 cm³/mol. The van der Waals surface area contributed by atoms with Crippen molar-refractivity contribution in [2.45, 2.75) is 20.0 Å². The lowest BCUT2D eigenvalue weighted by atomic mass is 10.2. The Bertz CT molecular complexity index is 716. The third-order valence-electron chi connectivity index (χ3n) is 3.67. The summed E-state index contributed by atoms with van der Waals surface area (Å²) in [4.78, 5) is 36.5. The van der Waals surface area contributed by atoms with Crippen LogP contribution in [0.2, 0.25) is 0 Å². The van der Waals surface area contributed by atoms with Crippen LogP contribution in [0.4, 0.5) is 4.79 Å². The van der Waals surface area contributed by atoms with Crippen molar-refractivity contribution in [1.29, 1.82) is 0 Å². The van der Waals surface area contributed by atoms with Crippen LogP contribution >= 0.6 is 0 Å². The van der Waals surface area contributed by atoms with Crippen molar-refractivity contribution in [2.75, 3.05) is 26.8 Å². The van der Waals surface area contributed by atoms with Crippen LogP contribution in [0.3, 0.4) is 0 Å². The van der Waals surface area contributed by atoms with Gasteiger partial charge in [0, 0.05) is 13.1 Å². The van der Waals surface area contributed by atoms with Crippen molar-refractivity contribution >= 4 is 24.0 Å². The van der Waals surface area contributed by atoms with E-state index in [-0.39, 0.29) is 13.2 Å². The van der Waals surface area contributed by atoms with E-state index in [4.69, 9.17) is 14.2 Å². The van der Waals surface area contributed by atoms with Gasteiger partial charge in [0.2, 0.25) is 0 Å². The second kappa shape index (κ2) is 8.89. The predicted octanol–water partition coefficient (Wildman–Crippen LogP) is 1.59. The van der Waals surface area contributed by atoms with Gasteiger partial charge in [-0.3, -0.25) is 9.69 Å². The van der Waals surface area contributed by atoms with Gasteiger partial charge in [0.05, 0.1) is 7.11 Å². The normalized spacial score (nSPS) is 14.9. The number of esters is 1. The SMILES string of the molecule is C/C=C/c1ccc(OCC(=O)O[C@H](C)C(=O)N2CCNC2=O)c(OC)c1. The van der Waals surface area contributed by atoms with Gasteiger partial charge in [-0.2, -0.15) is 0 Å². The molecule has 1 aliphatic heterocycles. The molecule has 0 saturated carbocycles. The molecule has 1 aromatic carbocycles. The number of benzene rings is 1. The van der Waals surface area contributed by atoms with Crippen LogP contribution < -0.4 is 14.8 Å².